The Morgan fingerprint density at radius 1 is 1.09 bits per heavy atom. The van der Waals surface area contributed by atoms with Gasteiger partial charge in [-0.15, -0.1) is 0 Å². The molecule has 0 amide bonds. The van der Waals surface area contributed by atoms with E-state index < -0.39 is 6.10 Å². The molecule has 122 valence electrons. The Morgan fingerprint density at radius 3 is 2.52 bits per heavy atom. The maximum Gasteiger partial charge on any atom is 0.119 e. The summed E-state index contributed by atoms with van der Waals surface area (Å²) in [5.74, 6) is 0.880. The summed E-state index contributed by atoms with van der Waals surface area (Å²) in [6.07, 6.45) is 2.03. The van der Waals surface area contributed by atoms with Gasteiger partial charge in [0.25, 0.3) is 0 Å². The molecule has 2 aromatic rings. The van der Waals surface area contributed by atoms with Crippen LogP contribution in [0.5, 0.6) is 5.75 Å². The van der Waals surface area contributed by atoms with Crippen LogP contribution in [0, 0.1) is 6.92 Å². The average molecular weight is 311 g/mol. The minimum absolute atomic E-state index is 0.588. The fraction of sp³-hybridized carbons (Fsp3) is 0.400. The Bertz CT molecular complexity index is 621. The number of hydrogen-bond donors (Lipinski definition) is 1. The van der Waals surface area contributed by atoms with E-state index in [-0.39, 0.29) is 0 Å². The van der Waals surface area contributed by atoms with Gasteiger partial charge < -0.3 is 9.84 Å². The molecule has 2 aromatic carbocycles. The van der Waals surface area contributed by atoms with E-state index in [9.17, 15) is 5.11 Å². The molecule has 3 heteroatoms. The Kier molecular flexibility index (Phi) is 5.31. The van der Waals surface area contributed by atoms with E-state index in [1.165, 1.54) is 25.9 Å². The van der Waals surface area contributed by atoms with Gasteiger partial charge in [-0.1, -0.05) is 36.4 Å². The molecule has 1 saturated heterocycles. The quantitative estimate of drug-likeness (QED) is 0.885. The number of ether oxygens (including phenoxy) is 1. The van der Waals surface area contributed by atoms with Crippen molar-refractivity contribution in [2.75, 3.05) is 26.2 Å². The Morgan fingerprint density at radius 2 is 1.83 bits per heavy atom. The lowest BCUT2D eigenvalue weighted by molar-refractivity contribution is 0.218. The van der Waals surface area contributed by atoms with Gasteiger partial charge in [0.2, 0.25) is 0 Å². The zero-order valence-electron chi connectivity index (χ0n) is 13.7. The van der Waals surface area contributed by atoms with E-state index in [0.29, 0.717) is 0 Å². The van der Waals surface area contributed by atoms with Gasteiger partial charge in [-0.05, 0) is 61.7 Å². The van der Waals surface area contributed by atoms with Crippen LogP contribution in [0.25, 0.3) is 0 Å². The van der Waals surface area contributed by atoms with Crippen molar-refractivity contribution in [3.05, 3.63) is 65.2 Å². The molecule has 1 aliphatic rings. The average Bonchev–Trinajstić information content (AvgIpc) is 3.09. The first-order chi connectivity index (χ1) is 11.2. The van der Waals surface area contributed by atoms with Crippen molar-refractivity contribution in [3.8, 4) is 5.75 Å². The molecule has 0 spiro atoms. The summed E-state index contributed by atoms with van der Waals surface area (Å²) in [4.78, 5) is 2.44. The largest absolute Gasteiger partial charge is 0.492 e. The third-order valence-corrected chi connectivity index (χ3v) is 4.53. The minimum Gasteiger partial charge on any atom is -0.492 e. The normalized spacial score (nSPS) is 16.4. The number of likely N-dealkylation sites (tertiary alicyclic amines) is 1. The SMILES string of the molecule is Cc1cc(OCCN2CCCC2)ccc1C(O)c1ccccc1. The number of aryl methyl sites for hydroxylation is 1. The Balaban J connectivity index is 1.61. The Labute approximate surface area is 138 Å². The fourth-order valence-corrected chi connectivity index (χ4v) is 3.16. The van der Waals surface area contributed by atoms with Gasteiger partial charge in [-0.2, -0.15) is 0 Å². The van der Waals surface area contributed by atoms with Crippen LogP contribution in [-0.4, -0.2) is 36.2 Å². The lowest BCUT2D eigenvalue weighted by atomic mass is 9.97. The molecule has 0 saturated carbocycles. The van der Waals surface area contributed by atoms with Crippen molar-refractivity contribution in [1.29, 1.82) is 0 Å². The molecule has 1 heterocycles. The molecular formula is C20H25NO2. The van der Waals surface area contributed by atoms with Crippen molar-refractivity contribution in [2.45, 2.75) is 25.9 Å². The highest BCUT2D eigenvalue weighted by molar-refractivity contribution is 5.40. The highest BCUT2D eigenvalue weighted by atomic mass is 16.5. The fourth-order valence-electron chi connectivity index (χ4n) is 3.16. The molecule has 0 aromatic heterocycles. The van der Waals surface area contributed by atoms with Crippen LogP contribution in [-0.2, 0) is 0 Å². The number of benzene rings is 2. The summed E-state index contributed by atoms with van der Waals surface area (Å²) in [6.45, 7) is 6.14. The zero-order valence-corrected chi connectivity index (χ0v) is 13.7. The predicted molar refractivity (Wildman–Crippen MR) is 92.9 cm³/mol. The van der Waals surface area contributed by atoms with Crippen LogP contribution < -0.4 is 4.74 Å². The Hall–Kier alpha value is -1.84. The van der Waals surface area contributed by atoms with Crippen molar-refractivity contribution < 1.29 is 9.84 Å². The summed E-state index contributed by atoms with van der Waals surface area (Å²) >= 11 is 0. The van der Waals surface area contributed by atoms with Gasteiger partial charge in [0.05, 0.1) is 0 Å². The van der Waals surface area contributed by atoms with Gasteiger partial charge >= 0.3 is 0 Å². The molecular weight excluding hydrogens is 286 g/mol. The van der Waals surface area contributed by atoms with Gasteiger partial charge in [0.1, 0.15) is 18.5 Å². The zero-order chi connectivity index (χ0) is 16.1. The molecule has 23 heavy (non-hydrogen) atoms. The van der Waals surface area contributed by atoms with Gasteiger partial charge in [-0.3, -0.25) is 4.90 Å². The monoisotopic (exact) mass is 311 g/mol. The van der Waals surface area contributed by atoms with Gasteiger partial charge in [0, 0.05) is 6.54 Å². The first-order valence-electron chi connectivity index (χ1n) is 8.43. The third-order valence-electron chi connectivity index (χ3n) is 4.53. The molecule has 1 unspecified atom stereocenters. The van der Waals surface area contributed by atoms with Crippen LogP contribution in [0.1, 0.15) is 35.6 Å². The van der Waals surface area contributed by atoms with E-state index in [0.717, 1.165) is 35.6 Å². The highest BCUT2D eigenvalue weighted by Crippen LogP contribution is 2.27. The van der Waals surface area contributed by atoms with E-state index in [4.69, 9.17) is 4.74 Å². The molecule has 3 nitrogen and oxygen atoms in total. The summed E-state index contributed by atoms with van der Waals surface area (Å²) in [5, 5.41) is 10.5. The second-order valence-electron chi connectivity index (χ2n) is 6.23. The van der Waals surface area contributed by atoms with Gasteiger partial charge in [0.15, 0.2) is 0 Å². The molecule has 1 atom stereocenters. The lowest BCUT2D eigenvalue weighted by Crippen LogP contribution is -2.25. The first-order valence-corrected chi connectivity index (χ1v) is 8.43. The van der Waals surface area contributed by atoms with Crippen LogP contribution in [0.4, 0.5) is 0 Å². The number of aliphatic hydroxyl groups excluding tert-OH is 1. The molecule has 1 fully saturated rings. The molecule has 0 aliphatic carbocycles. The predicted octanol–water partition coefficient (Wildman–Crippen LogP) is 3.55. The van der Waals surface area contributed by atoms with E-state index in [1.807, 2.05) is 55.5 Å². The van der Waals surface area contributed by atoms with Crippen LogP contribution in [0.2, 0.25) is 0 Å². The van der Waals surface area contributed by atoms with Crippen molar-refractivity contribution in [2.24, 2.45) is 0 Å². The second-order valence-corrected chi connectivity index (χ2v) is 6.23. The topological polar surface area (TPSA) is 32.7 Å². The van der Waals surface area contributed by atoms with E-state index >= 15 is 0 Å². The molecule has 3 rings (SSSR count). The number of nitrogens with zero attached hydrogens (tertiary/aromatic N) is 1. The molecule has 0 bridgehead atoms. The maximum absolute atomic E-state index is 10.5. The van der Waals surface area contributed by atoms with Crippen molar-refractivity contribution >= 4 is 0 Å². The van der Waals surface area contributed by atoms with Crippen LogP contribution in [0.15, 0.2) is 48.5 Å². The number of aliphatic hydroxyl groups is 1. The van der Waals surface area contributed by atoms with E-state index in [1.54, 1.807) is 0 Å². The standard InChI is InChI=1S/C20H25NO2/c1-16-15-18(23-14-13-21-11-5-6-12-21)9-10-19(16)20(22)17-7-3-2-4-8-17/h2-4,7-10,15,20,22H,5-6,11-14H2,1H3. The highest BCUT2D eigenvalue weighted by Gasteiger charge is 2.14. The number of hydrogen-bond acceptors (Lipinski definition) is 3. The maximum atomic E-state index is 10.5. The minimum atomic E-state index is -0.588. The summed E-state index contributed by atoms with van der Waals surface area (Å²) < 4.78 is 5.87. The third kappa shape index (κ3) is 4.12. The summed E-state index contributed by atoms with van der Waals surface area (Å²) in [5.41, 5.74) is 2.90. The number of rotatable bonds is 6. The van der Waals surface area contributed by atoms with E-state index in [2.05, 4.69) is 4.90 Å². The molecule has 1 aliphatic heterocycles. The molecule has 0 radical (unpaired) electrons. The van der Waals surface area contributed by atoms with Gasteiger partial charge in [-0.25, -0.2) is 0 Å². The summed E-state index contributed by atoms with van der Waals surface area (Å²) in [7, 11) is 0. The summed E-state index contributed by atoms with van der Waals surface area (Å²) in [6, 6.07) is 15.7. The van der Waals surface area contributed by atoms with Crippen molar-refractivity contribution in [1.82, 2.24) is 4.90 Å². The lowest BCUT2D eigenvalue weighted by Gasteiger charge is -2.17. The second kappa shape index (κ2) is 7.62. The molecule has 1 N–H and O–H groups in total. The van der Waals surface area contributed by atoms with Crippen molar-refractivity contribution in [3.63, 3.8) is 0 Å². The smallest absolute Gasteiger partial charge is 0.119 e. The van der Waals surface area contributed by atoms with Crippen LogP contribution >= 0.6 is 0 Å². The first kappa shape index (κ1) is 16.0. The van der Waals surface area contributed by atoms with Crippen LogP contribution in [0.3, 0.4) is 0 Å².